The molecule has 7 nitrogen and oxygen atoms in total. The number of oxazole rings is 1. The lowest BCUT2D eigenvalue weighted by Crippen LogP contribution is -2.08. The van der Waals surface area contributed by atoms with Crippen LogP contribution in [0.15, 0.2) is 62.3 Å². The number of hydrogen-bond acceptors (Lipinski definition) is 6. The summed E-state index contributed by atoms with van der Waals surface area (Å²) < 4.78 is 17.7. The molecule has 0 saturated carbocycles. The summed E-state index contributed by atoms with van der Waals surface area (Å²) in [6, 6.07) is 14.7. The second-order valence-corrected chi connectivity index (χ2v) is 5.64. The minimum atomic E-state index is -0.411. The Kier molecular flexibility index (Phi) is 3.61. The molecule has 0 fully saturated rings. The van der Waals surface area contributed by atoms with Gasteiger partial charge in [0.05, 0.1) is 5.52 Å². The highest BCUT2D eigenvalue weighted by molar-refractivity contribution is 5.78. The predicted molar refractivity (Wildman–Crippen MR) is 90.2 cm³/mol. The number of aryl methyl sites for hydroxylation is 1. The van der Waals surface area contributed by atoms with E-state index in [0.717, 1.165) is 5.75 Å². The first kappa shape index (κ1) is 15.2. The van der Waals surface area contributed by atoms with Gasteiger partial charge in [0.15, 0.2) is 11.7 Å². The van der Waals surface area contributed by atoms with Gasteiger partial charge in [0.2, 0.25) is 5.82 Å². The fourth-order valence-corrected chi connectivity index (χ4v) is 2.54. The maximum Gasteiger partial charge on any atom is 0.419 e. The van der Waals surface area contributed by atoms with Crippen LogP contribution in [0.5, 0.6) is 5.75 Å². The van der Waals surface area contributed by atoms with Crippen molar-refractivity contribution >= 4 is 11.1 Å². The summed E-state index contributed by atoms with van der Waals surface area (Å²) in [5.74, 6) is 1.09. The first-order valence-corrected chi connectivity index (χ1v) is 7.77. The molecule has 1 atom stereocenters. The molecule has 126 valence electrons. The molecular weight excluding hydrogens is 322 g/mol. The van der Waals surface area contributed by atoms with E-state index in [9.17, 15) is 4.79 Å². The summed E-state index contributed by atoms with van der Waals surface area (Å²) in [5.41, 5.74) is 1.88. The zero-order valence-electron chi connectivity index (χ0n) is 13.7. The van der Waals surface area contributed by atoms with Crippen LogP contribution >= 0.6 is 0 Å². The van der Waals surface area contributed by atoms with Crippen LogP contribution < -0.4 is 10.5 Å². The maximum atomic E-state index is 11.6. The Morgan fingerprint density at radius 1 is 1.16 bits per heavy atom. The van der Waals surface area contributed by atoms with Gasteiger partial charge in [-0.2, -0.15) is 4.98 Å². The molecule has 0 spiro atoms. The van der Waals surface area contributed by atoms with E-state index in [1.807, 2.05) is 43.3 Å². The molecule has 0 amide bonds. The molecule has 0 aliphatic heterocycles. The quantitative estimate of drug-likeness (QED) is 0.568. The summed E-state index contributed by atoms with van der Waals surface area (Å²) >= 11 is 0. The lowest BCUT2D eigenvalue weighted by Gasteiger charge is -2.09. The van der Waals surface area contributed by atoms with E-state index >= 15 is 0 Å². The highest BCUT2D eigenvalue weighted by Crippen LogP contribution is 2.25. The molecule has 4 aromatic rings. The molecule has 4 rings (SSSR count). The highest BCUT2D eigenvalue weighted by atomic mass is 16.5. The van der Waals surface area contributed by atoms with E-state index in [1.165, 1.54) is 4.57 Å². The van der Waals surface area contributed by atoms with Gasteiger partial charge in [-0.25, -0.2) is 4.79 Å². The molecular formula is C18H15N3O4. The van der Waals surface area contributed by atoms with Gasteiger partial charge in [0.25, 0.3) is 5.89 Å². The van der Waals surface area contributed by atoms with E-state index in [4.69, 9.17) is 13.7 Å². The van der Waals surface area contributed by atoms with Crippen LogP contribution in [-0.4, -0.2) is 14.7 Å². The Labute approximate surface area is 142 Å². The lowest BCUT2D eigenvalue weighted by molar-refractivity contribution is 0.176. The summed E-state index contributed by atoms with van der Waals surface area (Å²) in [4.78, 5) is 16.0. The average molecular weight is 337 g/mol. The monoisotopic (exact) mass is 337 g/mol. The number of hydrogen-bond donors (Lipinski definition) is 0. The van der Waals surface area contributed by atoms with E-state index in [2.05, 4.69) is 10.1 Å². The number of aromatic nitrogens is 3. The molecule has 25 heavy (non-hydrogen) atoms. The van der Waals surface area contributed by atoms with Crippen molar-refractivity contribution in [1.82, 2.24) is 14.7 Å². The average Bonchev–Trinajstić information content (AvgIpc) is 3.21. The summed E-state index contributed by atoms with van der Waals surface area (Å²) in [6.45, 7) is 1.84. The van der Waals surface area contributed by atoms with E-state index < -0.39 is 5.76 Å². The van der Waals surface area contributed by atoms with Gasteiger partial charge in [-0.15, -0.1) is 0 Å². The van der Waals surface area contributed by atoms with Gasteiger partial charge in [-0.3, -0.25) is 4.57 Å². The van der Waals surface area contributed by atoms with Gasteiger partial charge < -0.3 is 13.7 Å². The van der Waals surface area contributed by atoms with Crippen molar-refractivity contribution in [3.8, 4) is 17.1 Å². The molecule has 0 bridgehead atoms. The largest absolute Gasteiger partial charge is 0.481 e. The first-order valence-electron chi connectivity index (χ1n) is 7.77. The minimum Gasteiger partial charge on any atom is -0.481 e. The van der Waals surface area contributed by atoms with Crippen LogP contribution in [0.4, 0.5) is 0 Å². The summed E-state index contributed by atoms with van der Waals surface area (Å²) in [6.07, 6.45) is -0.387. The Morgan fingerprint density at radius 3 is 2.76 bits per heavy atom. The standard InChI is InChI=1S/C18H15N3O4/c1-11(23-13-6-4-3-5-7-13)17-19-16(20-25-17)12-8-9-14-15(10-12)24-18(22)21(14)2/h3-11H,1-2H3. The van der Waals surface area contributed by atoms with Gasteiger partial charge >= 0.3 is 5.76 Å². The normalized spacial score (nSPS) is 12.4. The van der Waals surface area contributed by atoms with Gasteiger partial charge in [0.1, 0.15) is 5.75 Å². The number of rotatable bonds is 4. The number of benzene rings is 2. The molecule has 0 radical (unpaired) electrons. The van der Waals surface area contributed by atoms with Crippen LogP contribution in [0.1, 0.15) is 18.9 Å². The maximum absolute atomic E-state index is 11.6. The zero-order chi connectivity index (χ0) is 17.4. The van der Waals surface area contributed by atoms with Crippen molar-refractivity contribution in [2.45, 2.75) is 13.0 Å². The molecule has 0 aliphatic rings. The Morgan fingerprint density at radius 2 is 1.96 bits per heavy atom. The van der Waals surface area contributed by atoms with Crippen LogP contribution in [0, 0.1) is 0 Å². The fourth-order valence-electron chi connectivity index (χ4n) is 2.54. The van der Waals surface area contributed by atoms with Crippen LogP contribution in [0.25, 0.3) is 22.5 Å². The van der Waals surface area contributed by atoms with Crippen molar-refractivity contribution in [2.75, 3.05) is 0 Å². The van der Waals surface area contributed by atoms with E-state index in [-0.39, 0.29) is 6.10 Å². The van der Waals surface area contributed by atoms with Crippen LogP contribution in [0.3, 0.4) is 0 Å². The molecule has 7 heteroatoms. The van der Waals surface area contributed by atoms with Crippen molar-refractivity contribution in [1.29, 1.82) is 0 Å². The molecule has 0 N–H and O–H groups in total. The third-order valence-electron chi connectivity index (χ3n) is 3.90. The summed E-state index contributed by atoms with van der Waals surface area (Å²) in [5, 5.41) is 3.99. The third kappa shape index (κ3) is 2.80. The fraction of sp³-hybridized carbons (Fsp3) is 0.167. The Hall–Kier alpha value is -3.35. The topological polar surface area (TPSA) is 83.3 Å². The zero-order valence-corrected chi connectivity index (χ0v) is 13.7. The van der Waals surface area contributed by atoms with Crippen molar-refractivity contribution in [2.24, 2.45) is 7.05 Å². The number of ether oxygens (including phenoxy) is 1. The van der Waals surface area contributed by atoms with E-state index in [0.29, 0.717) is 28.4 Å². The van der Waals surface area contributed by atoms with Gasteiger partial charge in [-0.05, 0) is 37.3 Å². The molecule has 1 unspecified atom stereocenters. The Bertz CT molecular complexity index is 1080. The number of para-hydroxylation sites is 1. The smallest absolute Gasteiger partial charge is 0.419 e. The predicted octanol–water partition coefficient (Wildman–Crippen LogP) is 3.32. The molecule has 0 aliphatic carbocycles. The molecule has 0 saturated heterocycles. The van der Waals surface area contributed by atoms with Gasteiger partial charge in [-0.1, -0.05) is 23.4 Å². The Balaban J connectivity index is 1.61. The van der Waals surface area contributed by atoms with Crippen molar-refractivity contribution < 1.29 is 13.7 Å². The second kappa shape index (κ2) is 5.94. The van der Waals surface area contributed by atoms with Crippen molar-refractivity contribution in [3.63, 3.8) is 0 Å². The molecule has 2 heterocycles. The SMILES string of the molecule is CC(Oc1ccccc1)c1nc(-c2ccc3c(c2)oc(=O)n3C)no1. The molecule has 2 aromatic heterocycles. The van der Waals surface area contributed by atoms with Crippen LogP contribution in [0.2, 0.25) is 0 Å². The lowest BCUT2D eigenvalue weighted by atomic mass is 10.2. The van der Waals surface area contributed by atoms with Gasteiger partial charge in [0, 0.05) is 12.6 Å². The van der Waals surface area contributed by atoms with E-state index in [1.54, 1.807) is 19.2 Å². The molecule has 2 aromatic carbocycles. The highest BCUT2D eigenvalue weighted by Gasteiger charge is 2.18. The second-order valence-electron chi connectivity index (χ2n) is 5.64. The minimum absolute atomic E-state index is 0.369. The number of nitrogens with zero attached hydrogens (tertiary/aromatic N) is 3. The van der Waals surface area contributed by atoms with Crippen LogP contribution in [-0.2, 0) is 7.05 Å². The summed E-state index contributed by atoms with van der Waals surface area (Å²) in [7, 11) is 1.66. The number of fused-ring (bicyclic) bond motifs is 1. The third-order valence-corrected chi connectivity index (χ3v) is 3.90. The first-order chi connectivity index (χ1) is 12.1. The van der Waals surface area contributed by atoms with Crippen molar-refractivity contribution in [3.05, 3.63) is 65.0 Å².